The van der Waals surface area contributed by atoms with E-state index in [1.807, 2.05) is 12.3 Å². The van der Waals surface area contributed by atoms with E-state index >= 15 is 0 Å². The highest BCUT2D eigenvalue weighted by molar-refractivity contribution is 5.53. The van der Waals surface area contributed by atoms with E-state index in [4.69, 9.17) is 0 Å². The van der Waals surface area contributed by atoms with E-state index in [2.05, 4.69) is 22.4 Å². The quantitative estimate of drug-likeness (QED) is 0.641. The largest absolute Gasteiger partial charge is 0.309 e. The van der Waals surface area contributed by atoms with Crippen LogP contribution in [0.3, 0.4) is 0 Å². The number of nitrogens with zero attached hydrogens (tertiary/aromatic N) is 1. The highest BCUT2D eigenvalue weighted by Crippen LogP contribution is 2.07. The van der Waals surface area contributed by atoms with Gasteiger partial charge < -0.3 is 5.32 Å². The Hall–Kier alpha value is -1.15. The Morgan fingerprint density at radius 2 is 2.36 bits per heavy atom. The van der Waals surface area contributed by atoms with E-state index in [9.17, 15) is 0 Å². The van der Waals surface area contributed by atoms with Crippen LogP contribution in [0.5, 0.6) is 0 Å². The molecule has 0 aliphatic carbocycles. The Morgan fingerprint density at radius 3 is 2.91 bits per heavy atom. The average Bonchev–Trinajstić information content (AvgIpc) is 1.99. The summed E-state index contributed by atoms with van der Waals surface area (Å²) in [7, 11) is 0. The zero-order chi connectivity index (χ0) is 7.52. The van der Waals surface area contributed by atoms with Gasteiger partial charge in [0.25, 0.3) is 0 Å². The molecule has 2 heterocycles. The smallest absolute Gasteiger partial charge is 0.0340 e. The topological polar surface area (TPSA) is 24.9 Å². The first kappa shape index (κ1) is 6.55. The molecule has 1 N–H and O–H groups in total. The van der Waals surface area contributed by atoms with Crippen molar-refractivity contribution in [2.24, 2.45) is 0 Å². The van der Waals surface area contributed by atoms with Crippen molar-refractivity contribution in [3.8, 4) is 0 Å². The molecule has 0 bridgehead atoms. The Bertz CT molecular complexity index is 258. The van der Waals surface area contributed by atoms with Crippen LogP contribution in [0.4, 0.5) is 0 Å². The van der Waals surface area contributed by atoms with E-state index in [1.54, 1.807) is 6.20 Å². The van der Waals surface area contributed by atoms with Crippen LogP contribution < -0.4 is 5.32 Å². The molecule has 1 aromatic heterocycles. The van der Waals surface area contributed by atoms with Crippen LogP contribution in [-0.4, -0.2) is 18.1 Å². The summed E-state index contributed by atoms with van der Waals surface area (Å²) in [5, 5.41) is 3.19. The van der Waals surface area contributed by atoms with Crippen LogP contribution in [0.25, 0.3) is 6.08 Å². The standard InChI is InChI=1S/C9H10N2/c1-2-8(5-10-3-1)4-9-6-11-7-9/h1-5,11H,6-7H2. The maximum atomic E-state index is 4.03. The second-order valence-corrected chi connectivity index (χ2v) is 2.69. The number of pyridine rings is 1. The highest BCUT2D eigenvalue weighted by atomic mass is 14.9. The van der Waals surface area contributed by atoms with Crippen molar-refractivity contribution < 1.29 is 0 Å². The minimum atomic E-state index is 1.04. The molecule has 2 nitrogen and oxygen atoms in total. The van der Waals surface area contributed by atoms with Crippen molar-refractivity contribution in [2.75, 3.05) is 13.1 Å². The van der Waals surface area contributed by atoms with Crippen LogP contribution in [-0.2, 0) is 0 Å². The van der Waals surface area contributed by atoms with Crippen molar-refractivity contribution in [1.82, 2.24) is 10.3 Å². The lowest BCUT2D eigenvalue weighted by atomic mass is 10.1. The molecule has 56 valence electrons. The van der Waals surface area contributed by atoms with Gasteiger partial charge >= 0.3 is 0 Å². The third-order valence-corrected chi connectivity index (χ3v) is 1.76. The van der Waals surface area contributed by atoms with Gasteiger partial charge in [0.15, 0.2) is 0 Å². The molecule has 0 amide bonds. The molecule has 1 aromatic rings. The third-order valence-electron chi connectivity index (χ3n) is 1.76. The van der Waals surface area contributed by atoms with E-state index in [-0.39, 0.29) is 0 Å². The Balaban J connectivity index is 2.17. The number of hydrogen-bond acceptors (Lipinski definition) is 2. The molecule has 1 aliphatic heterocycles. The van der Waals surface area contributed by atoms with Gasteiger partial charge in [-0.05, 0) is 17.2 Å². The summed E-state index contributed by atoms with van der Waals surface area (Å²) in [5.74, 6) is 0. The predicted molar refractivity (Wildman–Crippen MR) is 45.1 cm³/mol. The van der Waals surface area contributed by atoms with E-state index in [0.717, 1.165) is 13.1 Å². The van der Waals surface area contributed by atoms with Gasteiger partial charge in [-0.1, -0.05) is 12.1 Å². The lowest BCUT2D eigenvalue weighted by Crippen LogP contribution is -2.33. The monoisotopic (exact) mass is 146 g/mol. The van der Waals surface area contributed by atoms with E-state index in [0.29, 0.717) is 0 Å². The lowest BCUT2D eigenvalue weighted by molar-refractivity contribution is 0.675. The Morgan fingerprint density at radius 1 is 1.45 bits per heavy atom. The number of aromatic nitrogens is 1. The third kappa shape index (κ3) is 1.46. The number of nitrogens with one attached hydrogen (secondary N) is 1. The lowest BCUT2D eigenvalue weighted by Gasteiger charge is -2.18. The normalized spacial score (nSPS) is 15.8. The molecular weight excluding hydrogens is 136 g/mol. The molecule has 0 unspecified atom stereocenters. The zero-order valence-electron chi connectivity index (χ0n) is 6.25. The average molecular weight is 146 g/mol. The first-order chi connectivity index (χ1) is 5.45. The van der Waals surface area contributed by atoms with Gasteiger partial charge in [0.05, 0.1) is 0 Å². The summed E-state index contributed by atoms with van der Waals surface area (Å²) in [6.07, 6.45) is 5.86. The molecule has 1 aliphatic rings. The van der Waals surface area contributed by atoms with Crippen LogP contribution in [0.2, 0.25) is 0 Å². The van der Waals surface area contributed by atoms with Gasteiger partial charge in [-0.15, -0.1) is 0 Å². The number of hydrogen-bond donors (Lipinski definition) is 1. The minimum absolute atomic E-state index is 1.04. The van der Waals surface area contributed by atoms with Crippen LogP contribution in [0.1, 0.15) is 5.56 Å². The zero-order valence-corrected chi connectivity index (χ0v) is 6.25. The fraction of sp³-hybridized carbons (Fsp3) is 0.222. The van der Waals surface area contributed by atoms with Crippen molar-refractivity contribution in [3.05, 3.63) is 35.7 Å². The van der Waals surface area contributed by atoms with Crippen molar-refractivity contribution in [3.63, 3.8) is 0 Å². The predicted octanol–water partition coefficient (Wildman–Crippen LogP) is 1.07. The van der Waals surface area contributed by atoms with Gasteiger partial charge in [-0.2, -0.15) is 0 Å². The Labute approximate surface area is 66.0 Å². The van der Waals surface area contributed by atoms with Gasteiger partial charge in [-0.25, -0.2) is 0 Å². The molecule has 1 saturated heterocycles. The second-order valence-electron chi connectivity index (χ2n) is 2.69. The fourth-order valence-electron chi connectivity index (χ4n) is 1.07. The summed E-state index contributed by atoms with van der Waals surface area (Å²) in [4.78, 5) is 4.03. The summed E-state index contributed by atoms with van der Waals surface area (Å²) in [5.41, 5.74) is 2.65. The summed E-state index contributed by atoms with van der Waals surface area (Å²) in [6.45, 7) is 2.07. The molecule has 0 aromatic carbocycles. The maximum absolute atomic E-state index is 4.03. The molecule has 1 fully saturated rings. The minimum Gasteiger partial charge on any atom is -0.309 e. The molecule has 2 heteroatoms. The van der Waals surface area contributed by atoms with Gasteiger partial charge in [-0.3, -0.25) is 4.98 Å². The first-order valence-corrected chi connectivity index (χ1v) is 3.75. The van der Waals surface area contributed by atoms with Gasteiger partial charge in [0.2, 0.25) is 0 Å². The van der Waals surface area contributed by atoms with Gasteiger partial charge in [0, 0.05) is 25.5 Å². The van der Waals surface area contributed by atoms with Crippen LogP contribution >= 0.6 is 0 Å². The van der Waals surface area contributed by atoms with E-state index in [1.165, 1.54) is 11.1 Å². The van der Waals surface area contributed by atoms with Crippen molar-refractivity contribution >= 4 is 6.08 Å². The molecule has 11 heavy (non-hydrogen) atoms. The molecule has 0 saturated carbocycles. The summed E-state index contributed by atoms with van der Waals surface area (Å²) >= 11 is 0. The molecule has 0 radical (unpaired) electrons. The maximum Gasteiger partial charge on any atom is 0.0340 e. The first-order valence-electron chi connectivity index (χ1n) is 3.75. The van der Waals surface area contributed by atoms with Crippen molar-refractivity contribution in [1.29, 1.82) is 0 Å². The molecule has 0 spiro atoms. The van der Waals surface area contributed by atoms with Crippen LogP contribution in [0, 0.1) is 0 Å². The molecule has 2 rings (SSSR count). The highest BCUT2D eigenvalue weighted by Gasteiger charge is 2.05. The van der Waals surface area contributed by atoms with E-state index < -0.39 is 0 Å². The van der Waals surface area contributed by atoms with Gasteiger partial charge in [0.1, 0.15) is 0 Å². The van der Waals surface area contributed by atoms with Crippen molar-refractivity contribution in [2.45, 2.75) is 0 Å². The molecular formula is C9H10N2. The SMILES string of the molecule is C(=C1CNC1)c1cccnc1. The fourth-order valence-corrected chi connectivity index (χ4v) is 1.07. The number of rotatable bonds is 1. The summed E-state index contributed by atoms with van der Waals surface area (Å²) in [6, 6.07) is 4.02. The van der Waals surface area contributed by atoms with Crippen LogP contribution in [0.15, 0.2) is 30.1 Å². The summed E-state index contributed by atoms with van der Waals surface area (Å²) < 4.78 is 0. The molecule has 0 atom stereocenters. The Kier molecular flexibility index (Phi) is 1.69. The second kappa shape index (κ2) is 2.84.